The zero-order valence-electron chi connectivity index (χ0n) is 21.0. The summed E-state index contributed by atoms with van der Waals surface area (Å²) in [6, 6.07) is 21.2. The van der Waals surface area contributed by atoms with Crippen molar-refractivity contribution in [1.82, 2.24) is 0 Å². The number of benzene rings is 2. The van der Waals surface area contributed by atoms with E-state index in [4.69, 9.17) is 0 Å². The predicted molar refractivity (Wildman–Crippen MR) is 141 cm³/mol. The van der Waals surface area contributed by atoms with Crippen LogP contribution in [0.3, 0.4) is 0 Å². The molecule has 0 spiro atoms. The summed E-state index contributed by atoms with van der Waals surface area (Å²) in [6.45, 7) is 9.34. The van der Waals surface area contributed by atoms with Gasteiger partial charge in [-0.3, -0.25) is 0 Å². The van der Waals surface area contributed by atoms with Crippen molar-refractivity contribution in [3.05, 3.63) is 114 Å². The molecule has 2 aromatic rings. The summed E-state index contributed by atoms with van der Waals surface area (Å²) >= 11 is -0.495. The molecule has 33 heavy (non-hydrogen) atoms. The molecule has 1 heteroatoms. The molecule has 0 heterocycles. The molecule has 0 nitrogen and oxygen atoms in total. The molecule has 0 atom stereocenters. The molecule has 2 aliphatic carbocycles. The first-order chi connectivity index (χ1) is 16.0. The van der Waals surface area contributed by atoms with Crippen LogP contribution < -0.4 is 0 Å². The van der Waals surface area contributed by atoms with Crippen molar-refractivity contribution in [2.24, 2.45) is 11.8 Å². The van der Waals surface area contributed by atoms with Gasteiger partial charge in [0.05, 0.1) is 0 Å². The average molecular weight is 516 g/mol. The van der Waals surface area contributed by atoms with Crippen molar-refractivity contribution in [2.45, 2.75) is 66.2 Å². The van der Waals surface area contributed by atoms with Crippen LogP contribution in [-0.4, -0.2) is 0 Å². The monoisotopic (exact) mass is 514 g/mol. The molecule has 0 amide bonds. The second-order valence-corrected chi connectivity index (χ2v) is 13.6. The molecule has 172 valence electrons. The van der Waals surface area contributed by atoms with Crippen molar-refractivity contribution in [2.75, 3.05) is 0 Å². The van der Waals surface area contributed by atoms with Gasteiger partial charge in [-0.15, -0.1) is 0 Å². The molecule has 2 aromatic carbocycles. The van der Waals surface area contributed by atoms with Crippen LogP contribution in [0.25, 0.3) is 0 Å². The second kappa shape index (κ2) is 13.9. The summed E-state index contributed by atoms with van der Waals surface area (Å²) in [7, 11) is 0. The molecule has 0 radical (unpaired) electrons. The Morgan fingerprint density at radius 1 is 0.606 bits per heavy atom. The maximum atomic E-state index is 2.40. The fourth-order valence-electron chi connectivity index (χ4n) is 4.39. The SMILES string of the molecule is CC(C)CC1=[C]([Zr][C]2=C(CC(C)C)C=CC2)CC=C1.c1ccc(CCc2ccccc2)cc1. The molecular weight excluding hydrogens is 476 g/mol. The van der Waals surface area contributed by atoms with Gasteiger partial charge in [-0.1, -0.05) is 60.7 Å². The first-order valence-electron chi connectivity index (χ1n) is 12.6. The van der Waals surface area contributed by atoms with Crippen LogP contribution >= 0.6 is 0 Å². The minimum atomic E-state index is -0.495. The van der Waals surface area contributed by atoms with E-state index in [0.29, 0.717) is 0 Å². The Balaban J connectivity index is 0.000000194. The minimum absolute atomic E-state index is 0.495. The standard InChI is InChI=1S/C14H14.2C9H13.Zr/c1-3-7-13(8-4-1)11-12-14-9-5-2-6-10-14;2*1-8(2)7-9-5-3-4-6-9;/h1-10H,11-12H2;2*3,5,8H,4,7H2,1-2H3;. The normalized spacial score (nSPS) is 15.0. The van der Waals surface area contributed by atoms with Gasteiger partial charge in [-0.2, -0.15) is 0 Å². The van der Waals surface area contributed by atoms with E-state index in [1.54, 1.807) is 11.1 Å². The molecule has 0 fully saturated rings. The van der Waals surface area contributed by atoms with Gasteiger partial charge in [-0.05, 0) is 24.0 Å². The topological polar surface area (TPSA) is 0 Å². The van der Waals surface area contributed by atoms with Crippen LogP contribution in [0.4, 0.5) is 0 Å². The molecule has 0 saturated carbocycles. The summed E-state index contributed by atoms with van der Waals surface area (Å²) in [5.41, 5.74) is 6.20. The quantitative estimate of drug-likeness (QED) is 0.312. The third kappa shape index (κ3) is 9.21. The Labute approximate surface area is 214 Å². The number of hydrogen-bond donors (Lipinski definition) is 0. The van der Waals surface area contributed by atoms with Gasteiger partial charge in [0.1, 0.15) is 0 Å². The second-order valence-electron chi connectivity index (χ2n) is 10.0. The molecule has 0 saturated heterocycles. The molecule has 0 aromatic heterocycles. The molecule has 0 bridgehead atoms. The largest absolute Gasteiger partial charge is 0.0622 e. The zero-order valence-corrected chi connectivity index (χ0v) is 23.4. The fraction of sp³-hybridized carbons (Fsp3) is 0.375. The van der Waals surface area contributed by atoms with E-state index in [1.807, 2.05) is 6.56 Å². The fourth-order valence-corrected chi connectivity index (χ4v) is 8.06. The van der Waals surface area contributed by atoms with E-state index < -0.39 is 23.2 Å². The van der Waals surface area contributed by atoms with Crippen LogP contribution in [0, 0.1) is 11.8 Å². The van der Waals surface area contributed by atoms with Crippen LogP contribution in [0.5, 0.6) is 0 Å². The Morgan fingerprint density at radius 2 is 1.00 bits per heavy atom. The number of allylic oxidation sites excluding steroid dienone is 8. The molecule has 0 aliphatic heterocycles. The van der Waals surface area contributed by atoms with Crippen molar-refractivity contribution in [1.29, 1.82) is 0 Å². The van der Waals surface area contributed by atoms with Crippen molar-refractivity contribution in [3.8, 4) is 0 Å². The summed E-state index contributed by atoms with van der Waals surface area (Å²) in [5.74, 6) is 1.58. The Bertz CT molecular complexity index is 890. The average Bonchev–Trinajstić information content (AvgIpc) is 3.43. The maximum Gasteiger partial charge on any atom is -0.0238 e. The van der Waals surface area contributed by atoms with Crippen LogP contribution in [0.15, 0.2) is 103 Å². The number of aryl methyl sites for hydroxylation is 2. The maximum absolute atomic E-state index is 2.40. The van der Waals surface area contributed by atoms with Crippen LogP contribution in [0.1, 0.15) is 64.5 Å². The molecule has 4 rings (SSSR count). The van der Waals surface area contributed by atoms with Gasteiger partial charge < -0.3 is 0 Å². The van der Waals surface area contributed by atoms with Crippen molar-refractivity contribution < 1.29 is 23.2 Å². The van der Waals surface area contributed by atoms with Gasteiger partial charge in [0, 0.05) is 0 Å². The third-order valence-electron chi connectivity index (χ3n) is 6.00. The summed E-state index contributed by atoms with van der Waals surface area (Å²) in [5, 5.41) is 0. The van der Waals surface area contributed by atoms with E-state index in [9.17, 15) is 0 Å². The van der Waals surface area contributed by atoms with Crippen LogP contribution in [0.2, 0.25) is 0 Å². The van der Waals surface area contributed by atoms with E-state index >= 15 is 0 Å². The van der Waals surface area contributed by atoms with Gasteiger partial charge >= 0.3 is 130 Å². The van der Waals surface area contributed by atoms with Crippen LogP contribution in [-0.2, 0) is 36.1 Å². The molecule has 0 N–H and O–H groups in total. The molecule has 0 unspecified atom stereocenters. The van der Waals surface area contributed by atoms with E-state index in [2.05, 4.69) is 113 Å². The Hall–Kier alpha value is -1.72. The molecular formula is C32H40Zr. The van der Waals surface area contributed by atoms with Gasteiger partial charge in [0.2, 0.25) is 0 Å². The smallest absolute Gasteiger partial charge is 0.0238 e. The van der Waals surface area contributed by atoms with Gasteiger partial charge in [0.25, 0.3) is 0 Å². The summed E-state index contributed by atoms with van der Waals surface area (Å²) in [6.07, 6.45) is 16.9. The molecule has 2 aliphatic rings. The predicted octanol–water partition coefficient (Wildman–Crippen LogP) is 9.06. The van der Waals surface area contributed by atoms with Crippen molar-refractivity contribution in [3.63, 3.8) is 0 Å². The van der Waals surface area contributed by atoms with Gasteiger partial charge in [-0.25, -0.2) is 0 Å². The summed E-state index contributed by atoms with van der Waals surface area (Å²) < 4.78 is 3.69. The third-order valence-corrected chi connectivity index (χ3v) is 10.1. The Morgan fingerprint density at radius 3 is 1.36 bits per heavy atom. The van der Waals surface area contributed by atoms with E-state index in [1.165, 1.54) is 36.8 Å². The van der Waals surface area contributed by atoms with Gasteiger partial charge in [0.15, 0.2) is 0 Å². The Kier molecular flexibility index (Phi) is 10.9. The van der Waals surface area contributed by atoms with E-state index in [-0.39, 0.29) is 0 Å². The minimum Gasteiger partial charge on any atom is -0.0622 e. The zero-order chi connectivity index (χ0) is 23.5. The van der Waals surface area contributed by atoms with E-state index in [0.717, 1.165) is 24.7 Å². The first kappa shape index (κ1) is 25.9. The number of rotatable bonds is 9. The summed E-state index contributed by atoms with van der Waals surface area (Å²) in [4.78, 5) is 0. The first-order valence-corrected chi connectivity index (χ1v) is 15.1. The van der Waals surface area contributed by atoms with Crippen molar-refractivity contribution >= 4 is 0 Å². The number of hydrogen-bond acceptors (Lipinski definition) is 0.